The minimum absolute atomic E-state index is 0.0864. The van der Waals surface area contributed by atoms with Crippen LogP contribution in [-0.2, 0) is 4.79 Å². The number of halogens is 1. The van der Waals surface area contributed by atoms with Crippen molar-refractivity contribution in [3.05, 3.63) is 22.7 Å². The molecule has 5 heteroatoms. The van der Waals surface area contributed by atoms with E-state index in [-0.39, 0.29) is 12.3 Å². The Kier molecular flexibility index (Phi) is 3.74. The van der Waals surface area contributed by atoms with Crippen LogP contribution in [-0.4, -0.2) is 24.3 Å². The molecule has 1 saturated carbocycles. The van der Waals surface area contributed by atoms with Crippen LogP contribution in [0, 0.1) is 5.92 Å². The molecule has 0 bridgehead atoms. The fourth-order valence-electron chi connectivity index (χ4n) is 2.77. The minimum Gasteiger partial charge on any atom is -0.490 e. The van der Waals surface area contributed by atoms with E-state index in [4.69, 9.17) is 26.2 Å². The van der Waals surface area contributed by atoms with E-state index in [1.54, 1.807) is 12.1 Å². The number of hydrogen-bond donors (Lipinski definition) is 1. The lowest BCUT2D eigenvalue weighted by Gasteiger charge is -2.21. The van der Waals surface area contributed by atoms with Gasteiger partial charge in [-0.25, -0.2) is 0 Å². The van der Waals surface area contributed by atoms with Gasteiger partial charge < -0.3 is 14.6 Å². The van der Waals surface area contributed by atoms with Crippen molar-refractivity contribution in [3.63, 3.8) is 0 Å². The van der Waals surface area contributed by atoms with Gasteiger partial charge in [-0.1, -0.05) is 11.6 Å². The molecule has 1 aromatic rings. The molecule has 0 spiro atoms. The Morgan fingerprint density at radius 3 is 2.80 bits per heavy atom. The van der Waals surface area contributed by atoms with Crippen LogP contribution in [0.15, 0.2) is 12.1 Å². The quantitative estimate of drug-likeness (QED) is 0.924. The Bertz CT molecular complexity index is 525. The standard InChI is InChI=1S/C15H17ClO4/c16-11-4-5-12-15(20-7-1-6-19-12)14(11)10(8-13(17)18)9-2-3-9/h4-5,9-10H,1-3,6-8H2,(H,17,18). The highest BCUT2D eigenvalue weighted by Gasteiger charge is 2.37. The van der Waals surface area contributed by atoms with Gasteiger partial charge in [0.15, 0.2) is 11.5 Å². The summed E-state index contributed by atoms with van der Waals surface area (Å²) >= 11 is 6.34. The van der Waals surface area contributed by atoms with Crippen LogP contribution in [0.5, 0.6) is 11.5 Å². The highest BCUT2D eigenvalue weighted by atomic mass is 35.5. The molecule has 1 fully saturated rings. The first-order chi connectivity index (χ1) is 9.66. The molecule has 1 aromatic carbocycles. The normalized spacial score (nSPS) is 19.2. The molecule has 1 aliphatic heterocycles. The van der Waals surface area contributed by atoms with Gasteiger partial charge >= 0.3 is 5.97 Å². The van der Waals surface area contributed by atoms with Crippen molar-refractivity contribution >= 4 is 17.6 Å². The highest BCUT2D eigenvalue weighted by molar-refractivity contribution is 6.31. The number of rotatable bonds is 4. The zero-order chi connectivity index (χ0) is 14.1. The number of ether oxygens (including phenoxy) is 2. The van der Waals surface area contributed by atoms with Crippen LogP contribution >= 0.6 is 11.6 Å². The molecule has 0 radical (unpaired) electrons. The number of aliphatic carboxylic acids is 1. The molecule has 0 amide bonds. The van der Waals surface area contributed by atoms with E-state index in [2.05, 4.69) is 0 Å². The van der Waals surface area contributed by atoms with Crippen molar-refractivity contribution < 1.29 is 19.4 Å². The Morgan fingerprint density at radius 2 is 2.10 bits per heavy atom. The number of carbonyl (C=O) groups is 1. The Balaban J connectivity index is 2.03. The largest absolute Gasteiger partial charge is 0.490 e. The molecule has 3 rings (SSSR count). The topological polar surface area (TPSA) is 55.8 Å². The second-order valence-electron chi connectivity index (χ2n) is 5.38. The third-order valence-corrected chi connectivity index (χ3v) is 4.19. The first kappa shape index (κ1) is 13.6. The summed E-state index contributed by atoms with van der Waals surface area (Å²) in [5.74, 6) is 0.829. The number of hydrogen-bond acceptors (Lipinski definition) is 3. The Labute approximate surface area is 122 Å². The molecule has 2 aliphatic rings. The van der Waals surface area contributed by atoms with E-state index in [9.17, 15) is 4.79 Å². The van der Waals surface area contributed by atoms with Gasteiger partial charge in [0.1, 0.15) is 0 Å². The number of fused-ring (bicyclic) bond motifs is 1. The van der Waals surface area contributed by atoms with E-state index in [1.807, 2.05) is 0 Å². The highest BCUT2D eigenvalue weighted by Crippen LogP contribution is 2.51. The zero-order valence-corrected chi connectivity index (χ0v) is 11.9. The molecular weight excluding hydrogens is 280 g/mol. The van der Waals surface area contributed by atoms with Crippen molar-refractivity contribution in [2.45, 2.75) is 31.6 Å². The maximum atomic E-state index is 11.1. The summed E-state index contributed by atoms with van der Waals surface area (Å²) in [6.45, 7) is 1.19. The fraction of sp³-hybridized carbons (Fsp3) is 0.533. The molecule has 1 atom stereocenters. The Morgan fingerprint density at radius 1 is 1.35 bits per heavy atom. The summed E-state index contributed by atoms with van der Waals surface area (Å²) in [4.78, 5) is 11.1. The number of carboxylic acids is 1. The minimum atomic E-state index is -0.801. The summed E-state index contributed by atoms with van der Waals surface area (Å²) in [5, 5.41) is 9.73. The Hall–Kier alpha value is -1.42. The molecule has 1 heterocycles. The van der Waals surface area contributed by atoms with Crippen LogP contribution in [0.2, 0.25) is 5.02 Å². The van der Waals surface area contributed by atoms with Crippen LogP contribution in [0.25, 0.3) is 0 Å². The summed E-state index contributed by atoms with van der Waals surface area (Å²) in [6.07, 6.45) is 3.01. The van der Waals surface area contributed by atoms with Gasteiger partial charge in [-0.2, -0.15) is 0 Å². The van der Waals surface area contributed by atoms with E-state index >= 15 is 0 Å². The predicted molar refractivity (Wildman–Crippen MR) is 74.8 cm³/mol. The molecule has 1 N–H and O–H groups in total. The van der Waals surface area contributed by atoms with Crippen molar-refractivity contribution in [2.24, 2.45) is 5.92 Å². The summed E-state index contributed by atoms with van der Waals surface area (Å²) in [7, 11) is 0. The van der Waals surface area contributed by atoms with Gasteiger partial charge in [-0.3, -0.25) is 4.79 Å². The van der Waals surface area contributed by atoms with Crippen LogP contribution in [0.3, 0.4) is 0 Å². The molecule has 4 nitrogen and oxygen atoms in total. The SMILES string of the molecule is O=C(O)CC(c1c(Cl)ccc2c1OCCCO2)C1CC1. The smallest absolute Gasteiger partial charge is 0.303 e. The molecule has 1 unspecified atom stereocenters. The van der Waals surface area contributed by atoms with Crippen molar-refractivity contribution in [2.75, 3.05) is 13.2 Å². The molecule has 0 aromatic heterocycles. The van der Waals surface area contributed by atoms with Crippen LogP contribution < -0.4 is 9.47 Å². The average Bonchev–Trinajstić information content (AvgIpc) is 3.23. The van der Waals surface area contributed by atoms with Crippen molar-refractivity contribution in [1.82, 2.24) is 0 Å². The number of carboxylic acid groups (broad SMARTS) is 1. The summed E-state index contributed by atoms with van der Waals surface area (Å²) in [5.41, 5.74) is 0.816. The van der Waals surface area contributed by atoms with Crippen LogP contribution in [0.4, 0.5) is 0 Å². The third-order valence-electron chi connectivity index (χ3n) is 3.86. The van der Waals surface area contributed by atoms with E-state index in [0.29, 0.717) is 35.7 Å². The predicted octanol–water partition coefficient (Wildman–Crippen LogP) is 3.47. The van der Waals surface area contributed by atoms with Crippen molar-refractivity contribution in [1.29, 1.82) is 0 Å². The lowest BCUT2D eigenvalue weighted by molar-refractivity contribution is -0.137. The molecule has 108 valence electrons. The first-order valence-electron chi connectivity index (χ1n) is 6.96. The summed E-state index contributed by atoms with van der Waals surface area (Å²) in [6, 6.07) is 3.58. The second kappa shape index (κ2) is 5.52. The molecule has 1 aliphatic carbocycles. The maximum absolute atomic E-state index is 11.1. The first-order valence-corrected chi connectivity index (χ1v) is 7.34. The molecule has 20 heavy (non-hydrogen) atoms. The third kappa shape index (κ3) is 2.70. The fourth-order valence-corrected chi connectivity index (χ4v) is 3.06. The average molecular weight is 297 g/mol. The second-order valence-corrected chi connectivity index (χ2v) is 5.79. The van der Waals surface area contributed by atoms with Gasteiger partial charge in [0.05, 0.1) is 19.6 Å². The van der Waals surface area contributed by atoms with E-state index in [0.717, 1.165) is 24.8 Å². The van der Waals surface area contributed by atoms with Crippen molar-refractivity contribution in [3.8, 4) is 11.5 Å². The van der Waals surface area contributed by atoms with Gasteiger partial charge in [-0.15, -0.1) is 0 Å². The van der Waals surface area contributed by atoms with E-state index in [1.165, 1.54) is 0 Å². The lowest BCUT2D eigenvalue weighted by atomic mass is 9.90. The zero-order valence-electron chi connectivity index (χ0n) is 11.1. The van der Waals surface area contributed by atoms with Gasteiger partial charge in [-0.05, 0) is 30.9 Å². The molecular formula is C15H17ClO4. The molecule has 0 saturated heterocycles. The lowest BCUT2D eigenvalue weighted by Crippen LogP contribution is -2.11. The monoisotopic (exact) mass is 296 g/mol. The van der Waals surface area contributed by atoms with Crippen LogP contribution in [0.1, 0.15) is 37.2 Å². The maximum Gasteiger partial charge on any atom is 0.303 e. The van der Waals surface area contributed by atoms with E-state index < -0.39 is 5.97 Å². The van der Waals surface area contributed by atoms with Gasteiger partial charge in [0.25, 0.3) is 0 Å². The van der Waals surface area contributed by atoms with Gasteiger partial charge in [0.2, 0.25) is 0 Å². The van der Waals surface area contributed by atoms with Gasteiger partial charge in [0, 0.05) is 22.9 Å². The summed E-state index contributed by atoms with van der Waals surface area (Å²) < 4.78 is 11.5. The number of benzene rings is 1.